The fourth-order valence-corrected chi connectivity index (χ4v) is 14.1. The molecule has 6 amide bonds. The van der Waals surface area contributed by atoms with Crippen molar-refractivity contribution in [3.8, 4) is 17.2 Å². The number of ether oxygens (including phenoxy) is 2. The van der Waals surface area contributed by atoms with Gasteiger partial charge in [-0.1, -0.05) is 78.9 Å². The third-order valence-electron chi connectivity index (χ3n) is 20.6. The summed E-state index contributed by atoms with van der Waals surface area (Å²) in [6, 6.07) is 15.6. The molecule has 596 valence electrons. The second-order valence-electron chi connectivity index (χ2n) is 27.8. The van der Waals surface area contributed by atoms with E-state index in [0.717, 1.165) is 27.7 Å². The predicted octanol–water partition coefficient (Wildman–Crippen LogP) is 8.51. The van der Waals surface area contributed by atoms with Crippen molar-refractivity contribution in [2.24, 2.45) is 0 Å². The molecule has 0 unspecified atom stereocenters. The van der Waals surface area contributed by atoms with Crippen molar-refractivity contribution in [3.05, 3.63) is 285 Å². The maximum Gasteiger partial charge on any atom is 0.275 e. The largest absolute Gasteiger partial charge is 0.503 e. The molecule has 6 aliphatic rings. The van der Waals surface area contributed by atoms with Gasteiger partial charge in [-0.15, -0.1) is 0 Å². The van der Waals surface area contributed by atoms with Crippen LogP contribution < -0.4 is 41.7 Å². The van der Waals surface area contributed by atoms with Crippen molar-refractivity contribution in [3.63, 3.8) is 0 Å². The molecule has 3 aromatic heterocycles. The van der Waals surface area contributed by atoms with Crippen LogP contribution in [-0.2, 0) is 37.6 Å². The molecule has 8 atom stereocenters. The molecule has 5 aromatic carbocycles. The molecule has 0 radical (unpaired) electrons. The van der Waals surface area contributed by atoms with Crippen molar-refractivity contribution < 1.29 is 107 Å². The second-order valence-corrected chi connectivity index (χ2v) is 27.8. The van der Waals surface area contributed by atoms with Crippen molar-refractivity contribution in [2.45, 2.75) is 114 Å². The lowest BCUT2D eigenvalue weighted by Gasteiger charge is -2.41. The number of alkyl halides is 2. The van der Waals surface area contributed by atoms with E-state index in [4.69, 9.17) is 9.47 Å². The molecular weight excluding hydrogens is 1520 g/mol. The molecule has 14 rings (SSSR count). The van der Waals surface area contributed by atoms with E-state index >= 15 is 0 Å². The number of allylic oxidation sites excluding steroid dienone is 1. The first kappa shape index (κ1) is 81.0. The molecule has 1 fully saturated rings. The van der Waals surface area contributed by atoms with Gasteiger partial charge in [0.2, 0.25) is 16.3 Å². The normalized spacial score (nSPS) is 21.0. The number of fused-ring (bicyclic) bond motifs is 12. The van der Waals surface area contributed by atoms with E-state index in [9.17, 15) is 112 Å². The van der Waals surface area contributed by atoms with Crippen molar-refractivity contribution in [1.29, 1.82) is 0 Å². The van der Waals surface area contributed by atoms with Crippen LogP contribution in [0.5, 0.6) is 17.2 Å². The number of hydrogen-bond acceptors (Lipinski definition) is 15. The number of aliphatic hydroxyl groups is 2. The Morgan fingerprint density at radius 3 is 1.32 bits per heavy atom. The van der Waals surface area contributed by atoms with Gasteiger partial charge < -0.3 is 69.1 Å². The number of aromatic nitrogens is 3. The molecule has 8 aromatic rings. The predicted molar refractivity (Wildman–Crippen MR) is 381 cm³/mol. The van der Waals surface area contributed by atoms with E-state index in [0.29, 0.717) is 47.5 Å². The van der Waals surface area contributed by atoms with Crippen LogP contribution in [0.2, 0.25) is 0 Å². The summed E-state index contributed by atoms with van der Waals surface area (Å²) in [4.78, 5) is 136. The zero-order valence-electron chi connectivity index (χ0n) is 60.3. The number of halogens is 11. The minimum atomic E-state index is -2.10. The summed E-state index contributed by atoms with van der Waals surface area (Å²) in [6.07, 6.45) is 8.90. The highest BCUT2D eigenvalue weighted by molar-refractivity contribution is 6.04. The average Bonchev–Trinajstić information content (AvgIpc) is 1.40. The van der Waals surface area contributed by atoms with Crippen LogP contribution in [0.1, 0.15) is 142 Å². The summed E-state index contributed by atoms with van der Waals surface area (Å²) >= 11 is 0. The molecule has 0 saturated carbocycles. The number of carbonyl (C=O) groups is 7. The van der Waals surface area contributed by atoms with Crippen LogP contribution in [0.3, 0.4) is 0 Å². The van der Waals surface area contributed by atoms with Gasteiger partial charge in [-0.05, 0) is 50.8 Å². The van der Waals surface area contributed by atoms with Gasteiger partial charge in [0.25, 0.3) is 35.4 Å². The number of rotatable bonds is 17. The van der Waals surface area contributed by atoms with Crippen LogP contribution in [0.25, 0.3) is 0 Å². The van der Waals surface area contributed by atoms with E-state index in [2.05, 4.69) is 16.0 Å². The highest BCUT2D eigenvalue weighted by Crippen LogP contribution is 2.42. The summed E-state index contributed by atoms with van der Waals surface area (Å²) in [5.74, 6) is -18.4. The minimum absolute atomic E-state index is 0.00684. The van der Waals surface area contributed by atoms with Gasteiger partial charge in [-0.2, -0.15) is 0 Å². The second kappa shape index (κ2) is 32.7. The van der Waals surface area contributed by atoms with Crippen LogP contribution >= 0.6 is 0 Å². The molecule has 0 aliphatic carbocycles. The van der Waals surface area contributed by atoms with Crippen LogP contribution in [0.4, 0.5) is 48.3 Å². The maximum atomic E-state index is 14.3. The Morgan fingerprint density at radius 1 is 0.491 bits per heavy atom. The Hall–Kier alpha value is -12.5. The minimum Gasteiger partial charge on any atom is -0.503 e. The van der Waals surface area contributed by atoms with Crippen LogP contribution in [0.15, 0.2) is 154 Å². The molecule has 6 N–H and O–H groups in total. The molecule has 0 spiro atoms. The number of nitrogens with zero attached hydrogens (tertiary/aromatic N) is 6. The Kier molecular flexibility index (Phi) is 23.2. The fraction of sp³-hybridized carbons (Fsp3) is 0.291. The quantitative estimate of drug-likeness (QED) is 0.0368. The summed E-state index contributed by atoms with van der Waals surface area (Å²) in [6.45, 7) is -0.0241. The summed E-state index contributed by atoms with van der Waals surface area (Å²) in [7, 11) is 0. The SMILES string of the molecule is C[C@H]1C=CC(=O)[C@H]2CN1C(=O)c1c(OCc3ccccc3)c(=O)c(C(=O)NCc3c(F)cc(F)cc3F)cn12.C[C@H]1C=C[C@@](O)(CF)[C@H]2CN1C(=O)c1c(OCc3ccccc3)c(=O)c(C(=O)NCc3c(F)cc(F)cc3F)cn12.C[C@H]1CC[C@@](O)(CF)[C@H]2CN1C(=O)c1c(O)c(=O)c(C(=O)NCc3c(F)cc(F)cc3F)cn12. The summed E-state index contributed by atoms with van der Waals surface area (Å²) < 4.78 is 167. The van der Waals surface area contributed by atoms with Crippen molar-refractivity contribution >= 4 is 41.2 Å². The van der Waals surface area contributed by atoms with Gasteiger partial charge in [0.05, 0.1) is 12.1 Å². The molecule has 1 saturated heterocycles. The van der Waals surface area contributed by atoms with Gasteiger partial charge >= 0.3 is 0 Å². The van der Waals surface area contributed by atoms with Crippen molar-refractivity contribution in [2.75, 3.05) is 33.0 Å². The third kappa shape index (κ3) is 15.7. The van der Waals surface area contributed by atoms with Crippen LogP contribution in [0, 0.1) is 52.4 Å². The number of aromatic hydroxyl groups is 1. The van der Waals surface area contributed by atoms with E-state index in [1.54, 1.807) is 87.5 Å². The smallest absolute Gasteiger partial charge is 0.275 e. The average molecular weight is 1590 g/mol. The molecule has 114 heavy (non-hydrogen) atoms. The zero-order chi connectivity index (χ0) is 82.3. The molecule has 9 heterocycles. The number of amides is 6. The number of hydrogen-bond donors (Lipinski definition) is 6. The lowest BCUT2D eigenvalue weighted by atomic mass is 9.89. The Bertz CT molecular complexity index is 5430. The molecule has 24 nitrogen and oxygen atoms in total. The van der Waals surface area contributed by atoms with E-state index in [1.165, 1.54) is 37.5 Å². The number of benzene rings is 5. The Labute approximate surface area is 638 Å². The molecule has 35 heteroatoms. The topological polar surface area (TPSA) is 310 Å². The Morgan fingerprint density at radius 2 is 0.877 bits per heavy atom. The number of nitrogens with one attached hydrogen (secondary N) is 3. The first-order chi connectivity index (χ1) is 54.2. The summed E-state index contributed by atoms with van der Waals surface area (Å²) in [5.41, 5.74) is -10.5. The lowest BCUT2D eigenvalue weighted by Crippen LogP contribution is -2.53. The van der Waals surface area contributed by atoms with Gasteiger partial charge in [0, 0.05) is 129 Å². The molecule has 6 bridgehead atoms. The highest BCUT2D eigenvalue weighted by atomic mass is 19.2. The van der Waals surface area contributed by atoms with Crippen LogP contribution in [-0.4, -0.2) is 147 Å². The first-order valence-electron chi connectivity index (χ1n) is 35.2. The van der Waals surface area contributed by atoms with E-state index in [-0.39, 0.29) is 62.9 Å². The standard InChI is InChI=1S/C29H25F4N3O5.C28H22F3N3O5.C22H21F4N3O5/c1-16-7-8-29(40,15-30)23-13-35(16)28(39)24-26(41-14-17-5-3-2-4-6-17)25(37)20(12-36(23)24)27(38)34-11-19-21(32)9-18(31)10-22(19)33;1-15-7-8-23(35)22-13-33(15)28(38)24-26(39-14-16-5-3-2-4-6-16)25(36)19(12-34(22)24)27(37)32-11-18-20(30)9-17(29)10-21(18)31;1-10-2-3-22(34,9-23)16-8-28(10)21(33)17-19(31)18(30)13(7-29(16)17)20(32)27-6-12-14(25)4-11(24)5-15(12)26/h2-10,12,16,23,40H,11,13-15H2,1H3,(H,34,38);2-10,12,15,22H,11,13-14H2,1H3,(H,32,37);4-5,7,10,16,31,34H,2-3,6,8-9H2,1H3,(H,27,32)/t16-,23+,29+;15-,22+;10-,16+,22+/m000/s1. The number of pyridine rings is 3. The molecular formula is C79H68F11N9O15. The maximum absolute atomic E-state index is 14.3. The fourth-order valence-electron chi connectivity index (χ4n) is 14.1. The Balaban J connectivity index is 0.000000159. The highest BCUT2D eigenvalue weighted by Gasteiger charge is 2.51. The number of ketones is 1. The monoisotopic (exact) mass is 1590 g/mol. The summed E-state index contributed by atoms with van der Waals surface area (Å²) in [5, 5.41) is 39.3. The van der Waals surface area contributed by atoms with E-state index < -0.39 is 241 Å². The van der Waals surface area contributed by atoms with Gasteiger partial charge in [0.1, 0.15) is 113 Å². The van der Waals surface area contributed by atoms with Gasteiger partial charge in [0.15, 0.2) is 40.1 Å². The third-order valence-corrected chi connectivity index (χ3v) is 20.6. The van der Waals surface area contributed by atoms with Gasteiger partial charge in [-0.25, -0.2) is 48.3 Å². The van der Waals surface area contributed by atoms with Crippen molar-refractivity contribution in [1.82, 2.24) is 44.4 Å². The van der Waals surface area contributed by atoms with E-state index in [1.807, 2.05) is 0 Å². The first-order valence-corrected chi connectivity index (χ1v) is 35.2. The molecule has 6 aliphatic heterocycles. The van der Waals surface area contributed by atoms with Gasteiger partial charge in [-0.3, -0.25) is 47.9 Å². The number of carbonyl (C=O) groups excluding carboxylic acids is 7. The zero-order valence-corrected chi connectivity index (χ0v) is 60.3. The lowest BCUT2D eigenvalue weighted by molar-refractivity contribution is -0.118.